The molecule has 0 atom stereocenters. The van der Waals surface area contributed by atoms with Gasteiger partial charge in [0.15, 0.2) is 5.82 Å². The fraction of sp³-hybridized carbons (Fsp3) is 0.250. The van der Waals surface area contributed by atoms with Crippen LogP contribution in [0.1, 0.15) is 12.5 Å². The number of hydrogen-bond acceptors (Lipinski definition) is 3. The molecule has 0 radical (unpaired) electrons. The first-order chi connectivity index (χ1) is 9.79. The maximum Gasteiger partial charge on any atom is 0.159 e. The first-order valence-electron chi connectivity index (χ1n) is 6.87. The van der Waals surface area contributed by atoms with E-state index in [0.29, 0.717) is 0 Å². The maximum absolute atomic E-state index is 4.72. The zero-order chi connectivity index (χ0) is 13.9. The van der Waals surface area contributed by atoms with Crippen LogP contribution in [0.25, 0.3) is 22.6 Å². The highest BCUT2D eigenvalue weighted by Gasteiger charge is 2.10. The Balaban J connectivity index is 2.05. The minimum Gasteiger partial charge on any atom is -0.326 e. The van der Waals surface area contributed by atoms with Gasteiger partial charge in [-0.3, -0.25) is 4.98 Å². The van der Waals surface area contributed by atoms with E-state index in [9.17, 15) is 0 Å². The molecule has 0 aliphatic heterocycles. The predicted octanol–water partition coefficient (Wildman–Crippen LogP) is 2.74. The van der Waals surface area contributed by atoms with Crippen LogP contribution in [-0.2, 0) is 13.6 Å². The lowest BCUT2D eigenvalue weighted by atomic mass is 10.2. The molecule has 0 amide bonds. The van der Waals surface area contributed by atoms with Gasteiger partial charge in [-0.15, -0.1) is 0 Å². The predicted molar refractivity (Wildman–Crippen MR) is 81.3 cm³/mol. The van der Waals surface area contributed by atoms with Crippen molar-refractivity contribution in [3.05, 3.63) is 48.2 Å². The molecule has 4 nitrogen and oxygen atoms in total. The number of aryl methyl sites for hydroxylation is 1. The van der Waals surface area contributed by atoms with Gasteiger partial charge in [0, 0.05) is 19.8 Å². The molecule has 0 spiro atoms. The minimum absolute atomic E-state index is 0.877. The average Bonchev–Trinajstić information content (AvgIpc) is 2.83. The molecule has 1 N–H and O–H groups in total. The molecule has 0 saturated carbocycles. The minimum atomic E-state index is 0.877. The highest BCUT2D eigenvalue weighted by molar-refractivity contribution is 5.80. The molecule has 0 aliphatic carbocycles. The number of pyridine rings is 1. The summed E-state index contributed by atoms with van der Waals surface area (Å²) in [5.74, 6) is 0.904. The van der Waals surface area contributed by atoms with Gasteiger partial charge in [0.1, 0.15) is 5.69 Å². The van der Waals surface area contributed by atoms with Crippen LogP contribution in [0.15, 0.2) is 42.6 Å². The number of nitrogens with one attached hydrogen (secondary N) is 1. The van der Waals surface area contributed by atoms with E-state index in [1.165, 1.54) is 5.56 Å². The van der Waals surface area contributed by atoms with Crippen LogP contribution < -0.4 is 5.32 Å². The third-order valence-electron chi connectivity index (χ3n) is 3.42. The second kappa shape index (κ2) is 5.43. The Kier molecular flexibility index (Phi) is 3.48. The molecule has 3 aromatic rings. The molecule has 20 heavy (non-hydrogen) atoms. The van der Waals surface area contributed by atoms with Crippen molar-refractivity contribution in [3.63, 3.8) is 0 Å². The zero-order valence-electron chi connectivity index (χ0n) is 11.8. The number of benzene rings is 1. The smallest absolute Gasteiger partial charge is 0.159 e. The van der Waals surface area contributed by atoms with E-state index in [-0.39, 0.29) is 0 Å². The standard InChI is InChI=1S/C16H18N4/c1-3-17-11-12-7-8-15-14(10-12)19-16(20(15)2)13-6-4-5-9-18-13/h4-10,17H,3,11H2,1-2H3. The molecule has 1 aromatic carbocycles. The number of imidazole rings is 1. The summed E-state index contributed by atoms with van der Waals surface area (Å²) in [4.78, 5) is 9.11. The highest BCUT2D eigenvalue weighted by Crippen LogP contribution is 2.22. The van der Waals surface area contributed by atoms with E-state index in [0.717, 1.165) is 35.6 Å². The molecule has 0 fully saturated rings. The van der Waals surface area contributed by atoms with Crippen molar-refractivity contribution in [2.24, 2.45) is 7.05 Å². The molecule has 2 heterocycles. The molecular weight excluding hydrogens is 248 g/mol. The van der Waals surface area contributed by atoms with Crippen LogP contribution in [0.5, 0.6) is 0 Å². The molecule has 0 unspecified atom stereocenters. The highest BCUT2D eigenvalue weighted by atomic mass is 15.1. The van der Waals surface area contributed by atoms with Crippen LogP contribution in [0.4, 0.5) is 0 Å². The average molecular weight is 266 g/mol. The maximum atomic E-state index is 4.72. The number of rotatable bonds is 4. The van der Waals surface area contributed by atoms with E-state index in [4.69, 9.17) is 4.98 Å². The topological polar surface area (TPSA) is 42.7 Å². The molecule has 0 saturated heterocycles. The molecular formula is C16H18N4. The van der Waals surface area contributed by atoms with Crippen LogP contribution in [0, 0.1) is 0 Å². The van der Waals surface area contributed by atoms with Gasteiger partial charge in [-0.25, -0.2) is 4.98 Å². The largest absolute Gasteiger partial charge is 0.326 e. The van der Waals surface area contributed by atoms with E-state index in [1.807, 2.05) is 25.2 Å². The lowest BCUT2D eigenvalue weighted by Crippen LogP contribution is -2.11. The number of aromatic nitrogens is 3. The zero-order valence-corrected chi connectivity index (χ0v) is 11.8. The Morgan fingerprint density at radius 3 is 2.85 bits per heavy atom. The first kappa shape index (κ1) is 12.8. The van der Waals surface area contributed by atoms with E-state index < -0.39 is 0 Å². The van der Waals surface area contributed by atoms with Crippen LogP contribution >= 0.6 is 0 Å². The summed E-state index contributed by atoms with van der Waals surface area (Å²) in [6.45, 7) is 3.96. The summed E-state index contributed by atoms with van der Waals surface area (Å²) >= 11 is 0. The Morgan fingerprint density at radius 2 is 2.10 bits per heavy atom. The Hall–Kier alpha value is -2.20. The molecule has 2 aromatic heterocycles. The molecule has 0 aliphatic rings. The molecule has 102 valence electrons. The third kappa shape index (κ3) is 2.30. The van der Waals surface area contributed by atoms with Gasteiger partial charge < -0.3 is 9.88 Å². The Labute approximate surface area is 118 Å². The van der Waals surface area contributed by atoms with Crippen molar-refractivity contribution in [3.8, 4) is 11.5 Å². The lowest BCUT2D eigenvalue weighted by molar-refractivity contribution is 0.727. The van der Waals surface area contributed by atoms with Crippen molar-refractivity contribution in [1.29, 1.82) is 0 Å². The van der Waals surface area contributed by atoms with Crippen molar-refractivity contribution < 1.29 is 0 Å². The SMILES string of the molecule is CCNCc1ccc2c(c1)nc(-c1ccccn1)n2C. The van der Waals surface area contributed by atoms with Crippen LogP contribution in [0.3, 0.4) is 0 Å². The summed E-state index contributed by atoms with van der Waals surface area (Å²) in [7, 11) is 2.03. The molecule has 3 rings (SSSR count). The third-order valence-corrected chi connectivity index (χ3v) is 3.42. The van der Waals surface area contributed by atoms with Gasteiger partial charge in [-0.1, -0.05) is 19.1 Å². The van der Waals surface area contributed by atoms with Crippen molar-refractivity contribution in [2.75, 3.05) is 6.54 Å². The van der Waals surface area contributed by atoms with Crippen molar-refractivity contribution >= 4 is 11.0 Å². The van der Waals surface area contributed by atoms with Crippen molar-refractivity contribution in [2.45, 2.75) is 13.5 Å². The quantitative estimate of drug-likeness (QED) is 0.789. The summed E-state index contributed by atoms with van der Waals surface area (Å²) < 4.78 is 2.09. The normalized spacial score (nSPS) is 11.1. The van der Waals surface area contributed by atoms with Gasteiger partial charge in [-0.05, 0) is 36.4 Å². The van der Waals surface area contributed by atoms with Gasteiger partial charge >= 0.3 is 0 Å². The number of fused-ring (bicyclic) bond motifs is 1. The van der Waals surface area contributed by atoms with E-state index >= 15 is 0 Å². The van der Waals surface area contributed by atoms with Gasteiger partial charge in [-0.2, -0.15) is 0 Å². The van der Waals surface area contributed by atoms with Crippen molar-refractivity contribution in [1.82, 2.24) is 19.9 Å². The van der Waals surface area contributed by atoms with Crippen LogP contribution in [0.2, 0.25) is 0 Å². The summed E-state index contributed by atoms with van der Waals surface area (Å²) in [6.07, 6.45) is 1.80. The van der Waals surface area contributed by atoms with Crippen LogP contribution in [-0.4, -0.2) is 21.1 Å². The number of nitrogens with zero attached hydrogens (tertiary/aromatic N) is 3. The lowest BCUT2D eigenvalue weighted by Gasteiger charge is -2.02. The second-order valence-corrected chi connectivity index (χ2v) is 4.81. The summed E-state index contributed by atoms with van der Waals surface area (Å²) in [5.41, 5.74) is 4.30. The fourth-order valence-corrected chi connectivity index (χ4v) is 2.35. The van der Waals surface area contributed by atoms with Gasteiger partial charge in [0.05, 0.1) is 11.0 Å². The Morgan fingerprint density at radius 1 is 1.20 bits per heavy atom. The van der Waals surface area contributed by atoms with Gasteiger partial charge in [0.25, 0.3) is 0 Å². The van der Waals surface area contributed by atoms with E-state index in [2.05, 4.69) is 40.0 Å². The summed E-state index contributed by atoms with van der Waals surface area (Å²) in [5, 5.41) is 3.34. The molecule has 4 heteroatoms. The Bertz CT molecular complexity index is 716. The fourth-order valence-electron chi connectivity index (χ4n) is 2.35. The first-order valence-corrected chi connectivity index (χ1v) is 6.87. The molecule has 0 bridgehead atoms. The summed E-state index contributed by atoms with van der Waals surface area (Å²) in [6, 6.07) is 12.3. The second-order valence-electron chi connectivity index (χ2n) is 4.81. The number of hydrogen-bond donors (Lipinski definition) is 1. The monoisotopic (exact) mass is 266 g/mol. The van der Waals surface area contributed by atoms with Gasteiger partial charge in [0.2, 0.25) is 0 Å². The van der Waals surface area contributed by atoms with E-state index in [1.54, 1.807) is 6.20 Å².